The van der Waals surface area contributed by atoms with E-state index in [1.54, 1.807) is 18.4 Å². The zero-order valence-electron chi connectivity index (χ0n) is 13.9. The highest BCUT2D eigenvalue weighted by Gasteiger charge is 2.49. The Morgan fingerprint density at radius 2 is 1.96 bits per heavy atom. The lowest BCUT2D eigenvalue weighted by molar-refractivity contribution is -0.136. The number of halogens is 3. The summed E-state index contributed by atoms with van der Waals surface area (Å²) in [6.45, 7) is 4.79. The number of carbonyl (C=O) groups is 1. The van der Waals surface area contributed by atoms with Crippen LogP contribution in [0.3, 0.4) is 0 Å². The number of allylic oxidation sites excluding steroid dienone is 1. The van der Waals surface area contributed by atoms with E-state index >= 15 is 0 Å². The van der Waals surface area contributed by atoms with Gasteiger partial charge in [0.15, 0.2) is 0 Å². The van der Waals surface area contributed by atoms with Gasteiger partial charge < -0.3 is 8.92 Å². The summed E-state index contributed by atoms with van der Waals surface area (Å²) >= 11 is 1.07. The summed E-state index contributed by atoms with van der Waals surface area (Å²) in [6.07, 6.45) is 0.887. The van der Waals surface area contributed by atoms with Crippen molar-refractivity contribution in [1.82, 2.24) is 0 Å². The van der Waals surface area contributed by atoms with Gasteiger partial charge >= 0.3 is 21.6 Å². The minimum absolute atomic E-state index is 0.0187. The first-order valence-corrected chi connectivity index (χ1v) is 9.79. The van der Waals surface area contributed by atoms with Crippen molar-refractivity contribution in [3.8, 4) is 0 Å². The average Bonchev–Trinajstić information content (AvgIpc) is 2.99. The number of hydrogen-bond donors (Lipinski definition) is 0. The van der Waals surface area contributed by atoms with E-state index in [4.69, 9.17) is 4.74 Å². The van der Waals surface area contributed by atoms with Crippen LogP contribution in [0.4, 0.5) is 13.2 Å². The maximum Gasteiger partial charge on any atom is 0.534 e. The van der Waals surface area contributed by atoms with Crippen LogP contribution in [-0.4, -0.2) is 26.5 Å². The van der Waals surface area contributed by atoms with Crippen LogP contribution in [0.15, 0.2) is 23.3 Å². The van der Waals surface area contributed by atoms with Crippen molar-refractivity contribution in [2.75, 3.05) is 6.61 Å². The number of alkyl halides is 3. The SMILES string of the molecule is CCCC(C)C(OS(=O)(=O)C(F)(F)F)=C(C(=O)OCC)c1cccs1. The summed E-state index contributed by atoms with van der Waals surface area (Å²) in [7, 11) is -5.91. The highest BCUT2D eigenvalue weighted by atomic mass is 32.2. The van der Waals surface area contributed by atoms with Crippen molar-refractivity contribution in [3.63, 3.8) is 0 Å². The third-order valence-electron chi connectivity index (χ3n) is 3.15. The summed E-state index contributed by atoms with van der Waals surface area (Å²) in [4.78, 5) is 12.6. The molecule has 10 heteroatoms. The molecule has 0 amide bonds. The lowest BCUT2D eigenvalue weighted by Gasteiger charge is -2.20. The Hall–Kier alpha value is -1.55. The third-order valence-corrected chi connectivity index (χ3v) is 5.00. The van der Waals surface area contributed by atoms with E-state index in [0.717, 1.165) is 11.3 Å². The van der Waals surface area contributed by atoms with Crippen LogP contribution in [0, 0.1) is 5.92 Å². The van der Waals surface area contributed by atoms with Crippen molar-refractivity contribution in [2.24, 2.45) is 5.92 Å². The number of esters is 1. The van der Waals surface area contributed by atoms with Gasteiger partial charge in [0.05, 0.1) is 6.61 Å². The smallest absolute Gasteiger partial charge is 0.462 e. The van der Waals surface area contributed by atoms with Crippen LogP contribution < -0.4 is 0 Å². The van der Waals surface area contributed by atoms with Gasteiger partial charge in [-0.3, -0.25) is 0 Å². The van der Waals surface area contributed by atoms with Gasteiger partial charge in [0, 0.05) is 10.8 Å². The Kier molecular flexibility index (Phi) is 7.48. The molecule has 0 aliphatic rings. The molecule has 0 saturated heterocycles. The Morgan fingerprint density at radius 3 is 2.40 bits per heavy atom. The van der Waals surface area contributed by atoms with Crippen molar-refractivity contribution in [2.45, 2.75) is 39.1 Å². The van der Waals surface area contributed by atoms with E-state index in [1.807, 2.05) is 0 Å². The van der Waals surface area contributed by atoms with Gasteiger partial charge in [-0.05, 0) is 24.8 Å². The molecule has 0 bridgehead atoms. The van der Waals surface area contributed by atoms with Crippen LogP contribution in [-0.2, 0) is 23.8 Å². The Balaban J connectivity index is 3.57. The molecule has 0 aliphatic heterocycles. The highest BCUT2D eigenvalue weighted by molar-refractivity contribution is 7.87. The van der Waals surface area contributed by atoms with Crippen molar-refractivity contribution >= 4 is 33.0 Å². The topological polar surface area (TPSA) is 69.7 Å². The fourth-order valence-electron chi connectivity index (χ4n) is 2.05. The van der Waals surface area contributed by atoms with E-state index in [-0.39, 0.29) is 17.1 Å². The molecule has 0 fully saturated rings. The molecule has 0 radical (unpaired) electrons. The normalized spacial score (nSPS) is 14.6. The van der Waals surface area contributed by atoms with Gasteiger partial charge in [0.25, 0.3) is 0 Å². The number of thiophene rings is 1. The molecule has 1 unspecified atom stereocenters. The van der Waals surface area contributed by atoms with Crippen LogP contribution in [0.2, 0.25) is 0 Å². The predicted octanol–water partition coefficient (Wildman–Crippen LogP) is 4.32. The zero-order valence-corrected chi connectivity index (χ0v) is 15.6. The van der Waals surface area contributed by atoms with Crippen molar-refractivity contribution in [3.05, 3.63) is 28.1 Å². The number of ether oxygens (including phenoxy) is 1. The molecular weight excluding hydrogens is 381 g/mol. The monoisotopic (exact) mass is 400 g/mol. The summed E-state index contributed by atoms with van der Waals surface area (Å²) in [5.74, 6) is -2.22. The molecule has 0 aromatic carbocycles. The molecule has 0 aliphatic carbocycles. The average molecular weight is 400 g/mol. The number of carbonyl (C=O) groups excluding carboxylic acids is 1. The molecule has 5 nitrogen and oxygen atoms in total. The van der Waals surface area contributed by atoms with Gasteiger partial charge in [-0.2, -0.15) is 21.6 Å². The van der Waals surface area contributed by atoms with E-state index in [1.165, 1.54) is 19.9 Å². The summed E-state index contributed by atoms with van der Waals surface area (Å²) in [5.41, 5.74) is -5.90. The lowest BCUT2D eigenvalue weighted by Crippen LogP contribution is -2.27. The second-order valence-corrected chi connectivity index (χ2v) is 7.60. The fraction of sp³-hybridized carbons (Fsp3) is 0.533. The molecule has 25 heavy (non-hydrogen) atoms. The Morgan fingerprint density at radius 1 is 1.32 bits per heavy atom. The van der Waals surface area contributed by atoms with Gasteiger partial charge in [-0.15, -0.1) is 11.3 Å². The minimum atomic E-state index is -5.91. The maximum atomic E-state index is 12.7. The first-order chi connectivity index (χ1) is 11.5. The lowest BCUT2D eigenvalue weighted by atomic mass is 9.99. The molecule has 1 atom stereocenters. The van der Waals surface area contributed by atoms with Gasteiger partial charge in [0.2, 0.25) is 0 Å². The molecular formula is C15H19F3O5S2. The highest BCUT2D eigenvalue weighted by Crippen LogP contribution is 2.35. The molecule has 0 spiro atoms. The molecule has 1 aromatic rings. The van der Waals surface area contributed by atoms with Crippen molar-refractivity contribution < 1.29 is 35.3 Å². The minimum Gasteiger partial charge on any atom is -0.462 e. The third kappa shape index (κ3) is 5.46. The summed E-state index contributed by atoms with van der Waals surface area (Å²) in [6, 6.07) is 3.07. The molecule has 1 aromatic heterocycles. The summed E-state index contributed by atoms with van der Waals surface area (Å²) < 4.78 is 70.5. The molecule has 1 heterocycles. The molecule has 142 valence electrons. The molecule has 0 N–H and O–H groups in total. The second-order valence-electron chi connectivity index (χ2n) is 5.11. The molecule has 1 rings (SSSR count). The fourth-order valence-corrected chi connectivity index (χ4v) is 3.39. The Labute approximate surface area is 148 Å². The van der Waals surface area contributed by atoms with Gasteiger partial charge in [0.1, 0.15) is 11.3 Å². The molecule has 0 saturated carbocycles. The first kappa shape index (κ1) is 21.5. The maximum absolute atomic E-state index is 12.7. The van der Waals surface area contributed by atoms with Gasteiger partial charge in [-0.1, -0.05) is 26.3 Å². The Bertz CT molecular complexity index is 706. The quantitative estimate of drug-likeness (QED) is 0.214. The van der Waals surface area contributed by atoms with Gasteiger partial charge in [-0.25, -0.2) is 4.79 Å². The van der Waals surface area contributed by atoms with E-state index in [0.29, 0.717) is 12.8 Å². The summed E-state index contributed by atoms with van der Waals surface area (Å²) in [5, 5.41) is 1.61. The zero-order chi connectivity index (χ0) is 19.3. The first-order valence-electron chi connectivity index (χ1n) is 7.51. The second kappa shape index (κ2) is 8.70. The van der Waals surface area contributed by atoms with Crippen LogP contribution in [0.1, 0.15) is 38.5 Å². The number of hydrogen-bond acceptors (Lipinski definition) is 6. The van der Waals surface area contributed by atoms with Crippen LogP contribution in [0.25, 0.3) is 5.57 Å². The number of rotatable bonds is 8. The predicted molar refractivity (Wildman–Crippen MR) is 88.0 cm³/mol. The van der Waals surface area contributed by atoms with E-state index in [2.05, 4.69) is 4.18 Å². The van der Waals surface area contributed by atoms with Crippen LogP contribution >= 0.6 is 11.3 Å². The standard InChI is InChI=1S/C15H19F3O5S2/c1-4-7-10(3)13(23-25(20,21)15(16,17)18)12(14(19)22-5-2)11-8-6-9-24-11/h6,8-10H,4-5,7H2,1-3H3. The van der Waals surface area contributed by atoms with E-state index in [9.17, 15) is 26.4 Å². The van der Waals surface area contributed by atoms with Crippen LogP contribution in [0.5, 0.6) is 0 Å². The van der Waals surface area contributed by atoms with E-state index < -0.39 is 33.3 Å². The van der Waals surface area contributed by atoms with Crippen molar-refractivity contribution in [1.29, 1.82) is 0 Å². The largest absolute Gasteiger partial charge is 0.534 e.